The lowest BCUT2D eigenvalue weighted by Crippen LogP contribution is -2.22. The molecule has 1 aliphatic rings. The molecule has 3 rings (SSSR count). The van der Waals surface area contributed by atoms with Gasteiger partial charge in [0.15, 0.2) is 0 Å². The van der Waals surface area contributed by atoms with Gasteiger partial charge in [0.05, 0.1) is 12.4 Å². The van der Waals surface area contributed by atoms with Crippen LogP contribution in [-0.4, -0.2) is 33.6 Å². The van der Waals surface area contributed by atoms with Crippen molar-refractivity contribution in [3.8, 4) is 11.3 Å². The van der Waals surface area contributed by atoms with Gasteiger partial charge in [0.1, 0.15) is 5.82 Å². The average Bonchev–Trinajstić information content (AvgIpc) is 2.85. The van der Waals surface area contributed by atoms with E-state index in [1.807, 2.05) is 43.4 Å². The number of hydrogen-bond donors (Lipinski definition) is 0. The first-order valence-corrected chi connectivity index (χ1v) is 6.23. The zero-order valence-corrected chi connectivity index (χ0v) is 11.3. The van der Waals surface area contributed by atoms with Gasteiger partial charge in [-0.15, -0.1) is 0 Å². The van der Waals surface area contributed by atoms with Crippen LogP contribution in [0.25, 0.3) is 11.3 Å². The number of aromatic nitrogens is 3. The summed E-state index contributed by atoms with van der Waals surface area (Å²) < 4.78 is 12.8. The van der Waals surface area contributed by atoms with Gasteiger partial charge in [-0.1, -0.05) is 0 Å². The molecular formula is C14H14FN5. The Bertz CT molecular complexity index is 653. The van der Waals surface area contributed by atoms with Crippen molar-refractivity contribution in [3.05, 3.63) is 48.6 Å². The van der Waals surface area contributed by atoms with E-state index < -0.39 is 6.08 Å². The van der Waals surface area contributed by atoms with Crippen molar-refractivity contribution in [3.63, 3.8) is 0 Å². The van der Waals surface area contributed by atoms with Crippen LogP contribution in [0.3, 0.4) is 0 Å². The molecule has 0 fully saturated rings. The number of aryl methyl sites for hydroxylation is 1. The van der Waals surface area contributed by atoms with Gasteiger partial charge in [-0.2, -0.15) is 4.39 Å². The number of nitrogens with zero attached hydrogens (tertiary/aromatic N) is 5. The van der Waals surface area contributed by atoms with Crippen molar-refractivity contribution in [2.75, 3.05) is 18.6 Å². The van der Waals surface area contributed by atoms with E-state index in [1.54, 1.807) is 0 Å². The van der Waals surface area contributed by atoms with Crippen LogP contribution in [0.5, 0.6) is 0 Å². The van der Waals surface area contributed by atoms with E-state index in [9.17, 15) is 4.39 Å². The summed E-state index contributed by atoms with van der Waals surface area (Å²) in [7, 11) is 2.00. The molecule has 0 bridgehead atoms. The van der Waals surface area contributed by atoms with E-state index in [0.29, 0.717) is 5.56 Å². The molecule has 0 atom stereocenters. The van der Waals surface area contributed by atoms with Crippen molar-refractivity contribution >= 4 is 5.82 Å². The second-order valence-electron chi connectivity index (χ2n) is 4.80. The smallest absolute Gasteiger partial charge is 0.308 e. The van der Waals surface area contributed by atoms with Crippen LogP contribution in [0.4, 0.5) is 10.2 Å². The van der Waals surface area contributed by atoms with Crippen molar-refractivity contribution < 1.29 is 4.39 Å². The maximum absolute atomic E-state index is 12.8. The fraction of sp³-hybridized carbons (Fsp3) is 0.214. The largest absolute Gasteiger partial charge is 0.361 e. The fourth-order valence-electron chi connectivity index (χ4n) is 2.07. The molecule has 5 nitrogen and oxygen atoms in total. The Morgan fingerprint density at radius 3 is 2.55 bits per heavy atom. The third kappa shape index (κ3) is 2.45. The SMILES string of the molecule is Cc1cc(-c2cnc(F)nc2)nc(N2C=CN(C)C2)c1. The van der Waals surface area contributed by atoms with E-state index in [0.717, 1.165) is 23.7 Å². The number of anilines is 1. The molecular weight excluding hydrogens is 257 g/mol. The van der Waals surface area contributed by atoms with Crippen molar-refractivity contribution in [1.82, 2.24) is 19.9 Å². The molecule has 0 aliphatic carbocycles. The van der Waals surface area contributed by atoms with Gasteiger partial charge in [0.2, 0.25) is 0 Å². The van der Waals surface area contributed by atoms with E-state index in [-0.39, 0.29) is 0 Å². The predicted molar refractivity (Wildman–Crippen MR) is 74.2 cm³/mol. The molecule has 0 unspecified atom stereocenters. The summed E-state index contributed by atoms with van der Waals surface area (Å²) in [5.41, 5.74) is 2.52. The molecule has 0 saturated heterocycles. The highest BCUT2D eigenvalue weighted by atomic mass is 19.1. The minimum atomic E-state index is -0.731. The van der Waals surface area contributed by atoms with E-state index in [2.05, 4.69) is 19.9 Å². The Hall–Kier alpha value is -2.50. The van der Waals surface area contributed by atoms with Crippen LogP contribution in [0, 0.1) is 13.0 Å². The van der Waals surface area contributed by atoms with E-state index >= 15 is 0 Å². The minimum Gasteiger partial charge on any atom is -0.361 e. The summed E-state index contributed by atoms with van der Waals surface area (Å²) in [5, 5.41) is 0. The maximum Gasteiger partial charge on any atom is 0.308 e. The zero-order chi connectivity index (χ0) is 14.1. The van der Waals surface area contributed by atoms with Gasteiger partial charge in [-0.25, -0.2) is 15.0 Å². The van der Waals surface area contributed by atoms with Crippen LogP contribution < -0.4 is 4.90 Å². The van der Waals surface area contributed by atoms with Crippen LogP contribution in [0.2, 0.25) is 0 Å². The van der Waals surface area contributed by atoms with Crippen molar-refractivity contribution in [2.45, 2.75) is 6.92 Å². The van der Waals surface area contributed by atoms with Crippen LogP contribution in [0.1, 0.15) is 5.56 Å². The molecule has 2 aromatic rings. The van der Waals surface area contributed by atoms with Crippen LogP contribution in [-0.2, 0) is 0 Å². The fourth-order valence-corrected chi connectivity index (χ4v) is 2.07. The highest BCUT2D eigenvalue weighted by molar-refractivity contribution is 5.61. The van der Waals surface area contributed by atoms with Gasteiger partial charge in [-0.3, -0.25) is 0 Å². The predicted octanol–water partition coefficient (Wildman–Crippen LogP) is 2.17. The highest BCUT2D eigenvalue weighted by Crippen LogP contribution is 2.23. The topological polar surface area (TPSA) is 45.2 Å². The summed E-state index contributed by atoms with van der Waals surface area (Å²) in [4.78, 5) is 15.8. The molecule has 3 heterocycles. The van der Waals surface area contributed by atoms with E-state index in [1.165, 1.54) is 12.4 Å². The minimum absolute atomic E-state index is 0.702. The lowest BCUT2D eigenvalue weighted by molar-refractivity contribution is 0.494. The zero-order valence-electron chi connectivity index (χ0n) is 11.3. The molecule has 0 aromatic carbocycles. The first kappa shape index (κ1) is 12.5. The summed E-state index contributed by atoms with van der Waals surface area (Å²) in [5.74, 6) is 0.852. The third-order valence-electron chi connectivity index (χ3n) is 3.04. The lowest BCUT2D eigenvalue weighted by atomic mass is 10.1. The number of hydrogen-bond acceptors (Lipinski definition) is 5. The number of halogens is 1. The summed E-state index contributed by atoms with van der Waals surface area (Å²) in [6.45, 7) is 2.76. The molecule has 20 heavy (non-hydrogen) atoms. The second-order valence-corrected chi connectivity index (χ2v) is 4.80. The first-order chi connectivity index (χ1) is 9.61. The molecule has 0 spiro atoms. The quantitative estimate of drug-likeness (QED) is 0.783. The van der Waals surface area contributed by atoms with Gasteiger partial charge >= 0.3 is 6.08 Å². The molecule has 102 valence electrons. The second kappa shape index (κ2) is 4.88. The summed E-state index contributed by atoms with van der Waals surface area (Å²) in [6.07, 6.45) is 6.13. The first-order valence-electron chi connectivity index (χ1n) is 6.23. The molecule has 6 heteroatoms. The van der Waals surface area contributed by atoms with Gasteiger partial charge in [-0.05, 0) is 24.6 Å². The Labute approximate surface area is 116 Å². The maximum atomic E-state index is 12.8. The Balaban J connectivity index is 1.98. The average molecular weight is 271 g/mol. The van der Waals surface area contributed by atoms with Crippen LogP contribution >= 0.6 is 0 Å². The van der Waals surface area contributed by atoms with Crippen LogP contribution in [0.15, 0.2) is 36.9 Å². The lowest BCUT2D eigenvalue weighted by Gasteiger charge is -2.18. The normalized spacial score (nSPS) is 14.2. The summed E-state index contributed by atoms with van der Waals surface area (Å²) >= 11 is 0. The standard InChI is InChI=1S/C14H14FN5/c1-10-5-12(11-7-16-14(15)17-8-11)18-13(6-10)20-4-3-19(2)9-20/h3-8H,9H2,1-2H3. The highest BCUT2D eigenvalue weighted by Gasteiger charge is 2.13. The van der Waals surface area contributed by atoms with Crippen molar-refractivity contribution in [1.29, 1.82) is 0 Å². The van der Waals surface area contributed by atoms with E-state index in [4.69, 9.17) is 0 Å². The van der Waals surface area contributed by atoms with Gasteiger partial charge in [0.25, 0.3) is 0 Å². The number of rotatable bonds is 2. The Morgan fingerprint density at radius 1 is 1.15 bits per heavy atom. The molecule has 0 amide bonds. The van der Waals surface area contributed by atoms with Crippen molar-refractivity contribution in [2.24, 2.45) is 0 Å². The molecule has 0 saturated carbocycles. The van der Waals surface area contributed by atoms with Gasteiger partial charge < -0.3 is 9.80 Å². The molecule has 2 aromatic heterocycles. The Morgan fingerprint density at radius 2 is 1.90 bits per heavy atom. The summed E-state index contributed by atoms with van der Waals surface area (Å²) in [6, 6.07) is 3.95. The van der Waals surface area contributed by atoms with Gasteiger partial charge in [0, 0.05) is 37.4 Å². The Kier molecular flexibility index (Phi) is 3.06. The third-order valence-corrected chi connectivity index (χ3v) is 3.04. The molecule has 0 radical (unpaired) electrons. The monoisotopic (exact) mass is 271 g/mol. The molecule has 1 aliphatic heterocycles. The molecule has 0 N–H and O–H groups in total. The number of pyridine rings is 1.